The van der Waals surface area contributed by atoms with Gasteiger partial charge in [0.15, 0.2) is 0 Å². The van der Waals surface area contributed by atoms with Crippen LogP contribution in [0.15, 0.2) is 206 Å². The molecule has 0 aromatic heterocycles. The lowest BCUT2D eigenvalue weighted by Gasteiger charge is -2.22. The third-order valence-electron chi connectivity index (χ3n) is 16.9. The van der Waals surface area contributed by atoms with Crippen LogP contribution in [0.4, 0.5) is 0 Å². The first kappa shape index (κ1) is 39.1. The maximum absolute atomic E-state index is 2.48. The van der Waals surface area contributed by atoms with Crippen molar-refractivity contribution in [2.45, 2.75) is 21.3 Å². The van der Waals surface area contributed by atoms with Crippen molar-refractivity contribution in [2.24, 2.45) is 0 Å². The van der Waals surface area contributed by atoms with Crippen LogP contribution in [-0.2, 0) is 0 Å². The van der Waals surface area contributed by atoms with Crippen LogP contribution in [-0.4, -0.2) is 0 Å². The number of fused-ring (bicyclic) bond motifs is 14. The average molecular weight is 897 g/mol. The fourth-order valence-electron chi connectivity index (χ4n) is 14.1. The Labute approximate surface area is 410 Å². The van der Waals surface area contributed by atoms with Crippen molar-refractivity contribution >= 4 is 118 Å². The Bertz CT molecular complexity index is 4830. The van der Waals surface area contributed by atoms with Crippen molar-refractivity contribution in [1.29, 1.82) is 0 Å². The Kier molecular flexibility index (Phi) is 7.53. The van der Waals surface area contributed by atoms with Crippen LogP contribution in [0.1, 0.15) is 18.6 Å². The van der Waals surface area contributed by atoms with Crippen LogP contribution in [0.5, 0.6) is 0 Å². The molecule has 0 saturated heterocycles. The number of benzene rings is 14. The van der Waals surface area contributed by atoms with Gasteiger partial charge < -0.3 is 0 Å². The molecule has 16 aromatic rings. The minimum atomic E-state index is 0. The minimum absolute atomic E-state index is 0. The lowest BCUT2D eigenvalue weighted by molar-refractivity contribution is 1.46. The van der Waals surface area contributed by atoms with Crippen LogP contribution in [0.3, 0.4) is 0 Å². The van der Waals surface area contributed by atoms with Crippen molar-refractivity contribution in [3.63, 3.8) is 0 Å². The lowest BCUT2D eigenvalue weighted by Crippen LogP contribution is -1.96. The fourth-order valence-corrected chi connectivity index (χ4v) is 14.1. The molecule has 71 heavy (non-hydrogen) atoms. The summed E-state index contributed by atoms with van der Waals surface area (Å²) in [6.07, 6.45) is 0. The van der Waals surface area contributed by atoms with Crippen LogP contribution in [0, 0.1) is 13.8 Å². The highest BCUT2D eigenvalue weighted by molar-refractivity contribution is 6.51. The van der Waals surface area contributed by atoms with E-state index in [4.69, 9.17) is 0 Å². The summed E-state index contributed by atoms with van der Waals surface area (Å²) in [5.41, 5.74) is 15.8. The van der Waals surface area contributed by atoms with Gasteiger partial charge in [0.2, 0.25) is 0 Å². The third-order valence-corrected chi connectivity index (χ3v) is 16.9. The van der Waals surface area contributed by atoms with Gasteiger partial charge >= 0.3 is 0 Å². The number of aryl methyl sites for hydroxylation is 2. The highest BCUT2D eigenvalue weighted by Gasteiger charge is 2.34. The van der Waals surface area contributed by atoms with Crippen molar-refractivity contribution < 1.29 is 0 Å². The molecule has 0 fully saturated rings. The predicted octanol–water partition coefficient (Wildman–Crippen LogP) is 20.6. The molecule has 0 N–H and O–H groups in total. The molecule has 0 unspecified atom stereocenters. The van der Waals surface area contributed by atoms with E-state index in [-0.39, 0.29) is 7.43 Å². The number of hydrogen-bond acceptors (Lipinski definition) is 0. The van der Waals surface area contributed by atoms with Crippen molar-refractivity contribution in [2.75, 3.05) is 0 Å². The summed E-state index contributed by atoms with van der Waals surface area (Å²) in [5, 5.41) is 29.5. The Morgan fingerprint density at radius 3 is 1.21 bits per heavy atom. The second-order valence-corrected chi connectivity index (χ2v) is 20.2. The zero-order chi connectivity index (χ0) is 45.7. The predicted molar refractivity (Wildman–Crippen MR) is 310 cm³/mol. The molecule has 0 heterocycles. The van der Waals surface area contributed by atoms with Crippen LogP contribution in [0.2, 0.25) is 0 Å². The number of hydrogen-bond donors (Lipinski definition) is 0. The first-order valence-electron chi connectivity index (χ1n) is 24.8. The summed E-state index contributed by atoms with van der Waals surface area (Å²) >= 11 is 0. The van der Waals surface area contributed by atoms with E-state index in [1.54, 1.807) is 0 Å². The Balaban J connectivity index is 0.00000435. The summed E-state index contributed by atoms with van der Waals surface area (Å²) in [7, 11) is 0. The monoisotopic (exact) mass is 896 g/mol. The second-order valence-electron chi connectivity index (χ2n) is 20.2. The molecule has 0 bridgehead atoms. The van der Waals surface area contributed by atoms with Gasteiger partial charge in [0.1, 0.15) is 0 Å². The van der Waals surface area contributed by atoms with Crippen LogP contribution >= 0.6 is 0 Å². The van der Waals surface area contributed by atoms with E-state index in [2.05, 4.69) is 220 Å². The van der Waals surface area contributed by atoms with Crippen molar-refractivity contribution in [3.8, 4) is 55.6 Å². The molecule has 17 rings (SSSR count). The smallest absolute Gasteiger partial charge is 0.000696 e. The van der Waals surface area contributed by atoms with Gasteiger partial charge in [-0.3, -0.25) is 0 Å². The molecule has 0 atom stereocenters. The van der Waals surface area contributed by atoms with Gasteiger partial charge in [0, 0.05) is 0 Å². The molecule has 0 radical (unpaired) electrons. The summed E-state index contributed by atoms with van der Waals surface area (Å²) in [5.74, 6) is 0. The second kappa shape index (κ2) is 13.7. The first-order chi connectivity index (χ1) is 34.6. The van der Waals surface area contributed by atoms with Crippen LogP contribution < -0.4 is 0 Å². The Hall–Kier alpha value is -8.84. The molecule has 0 aliphatic heterocycles. The first-order valence-corrected chi connectivity index (χ1v) is 24.8. The van der Waals surface area contributed by atoms with Crippen molar-refractivity contribution in [3.05, 3.63) is 217 Å². The van der Waals surface area contributed by atoms with Gasteiger partial charge in [-0.1, -0.05) is 202 Å². The van der Waals surface area contributed by atoms with Crippen LogP contribution in [0.25, 0.3) is 174 Å². The van der Waals surface area contributed by atoms with E-state index >= 15 is 0 Å². The molecule has 0 saturated carbocycles. The quantitative estimate of drug-likeness (QED) is 0.122. The van der Waals surface area contributed by atoms with Crippen molar-refractivity contribution in [1.82, 2.24) is 0 Å². The van der Waals surface area contributed by atoms with Gasteiger partial charge in [-0.05, 0) is 211 Å². The topological polar surface area (TPSA) is 0 Å². The van der Waals surface area contributed by atoms with E-state index in [0.717, 1.165) is 0 Å². The lowest BCUT2D eigenvalue weighted by atomic mass is 9.80. The minimum Gasteiger partial charge on any atom is -0.0776 e. The molecule has 0 spiro atoms. The standard InChI is InChI=1S/C70H40.CH4/c1-37-15-6-10-21-42(37)59-56-35-40-19-8-9-20-41(40)36-57(56)60(43-22-11-7-16-38(43)2)69-54-33-29-49-50-30-34-55-64-52(31-27-47(61(50)64)48-28-32-53(68(59)69)65(54)62(48)49)67-58(39-17-4-3-5-18-39)51-26-14-25-45-44-23-12-13-24-46(44)66(63(45)51)70(55)67;/h3-36H,1-2H3;1H4. The normalized spacial score (nSPS) is 12.5. The number of rotatable bonds is 3. The maximum Gasteiger partial charge on any atom is -0.000696 e. The molecule has 0 amide bonds. The molecule has 0 nitrogen and oxygen atoms in total. The average Bonchev–Trinajstić information content (AvgIpc) is 4.04. The summed E-state index contributed by atoms with van der Waals surface area (Å²) in [4.78, 5) is 0. The Morgan fingerprint density at radius 1 is 0.211 bits per heavy atom. The largest absolute Gasteiger partial charge is 0.0776 e. The fraction of sp³-hybridized carbons (Fsp3) is 0.0423. The SMILES string of the molecule is C.Cc1ccccc1-c1c2c(c(-c3ccccc3C)c3cc4ccccc4cc13)-c1ccc3c4ccc5c6c(ccc(c7ccc-2c1c73)c46)c1c(-c2ccccc2)c2cccc3c4ccccc4c(c23)c51. The van der Waals surface area contributed by atoms with E-state index in [1.165, 1.54) is 185 Å². The Morgan fingerprint density at radius 2 is 0.606 bits per heavy atom. The van der Waals surface area contributed by atoms with E-state index in [1.807, 2.05) is 0 Å². The van der Waals surface area contributed by atoms with Gasteiger partial charge in [0.05, 0.1) is 0 Å². The molecular formula is C71H44. The molecular weight excluding hydrogens is 853 g/mol. The summed E-state index contributed by atoms with van der Waals surface area (Å²) in [6.45, 7) is 4.56. The van der Waals surface area contributed by atoms with Gasteiger partial charge in [0.25, 0.3) is 0 Å². The molecule has 0 heteroatoms. The van der Waals surface area contributed by atoms with E-state index in [0.29, 0.717) is 0 Å². The molecule has 16 aromatic carbocycles. The maximum atomic E-state index is 2.48. The van der Waals surface area contributed by atoms with Gasteiger partial charge in [-0.15, -0.1) is 0 Å². The molecule has 328 valence electrons. The zero-order valence-electron chi connectivity index (χ0n) is 38.6. The molecule has 1 aliphatic rings. The molecule has 1 aliphatic carbocycles. The van der Waals surface area contributed by atoms with E-state index in [9.17, 15) is 0 Å². The highest BCUT2D eigenvalue weighted by Crippen LogP contribution is 2.61. The van der Waals surface area contributed by atoms with Gasteiger partial charge in [-0.25, -0.2) is 0 Å². The highest BCUT2D eigenvalue weighted by atomic mass is 14.4. The third kappa shape index (κ3) is 4.71. The van der Waals surface area contributed by atoms with Gasteiger partial charge in [-0.2, -0.15) is 0 Å². The van der Waals surface area contributed by atoms with E-state index < -0.39 is 0 Å². The summed E-state index contributed by atoms with van der Waals surface area (Å²) < 4.78 is 0. The zero-order valence-corrected chi connectivity index (χ0v) is 38.6. The summed E-state index contributed by atoms with van der Waals surface area (Å²) in [6, 6.07) is 78.9.